The van der Waals surface area contributed by atoms with Gasteiger partial charge >= 0.3 is 5.84 Å². The summed E-state index contributed by atoms with van der Waals surface area (Å²) >= 11 is 0. The van der Waals surface area contributed by atoms with Crippen LogP contribution in [0.3, 0.4) is 0 Å². The average Bonchev–Trinajstić information content (AvgIpc) is 3.83. The molecule has 0 saturated carbocycles. The first kappa shape index (κ1) is 30.7. The van der Waals surface area contributed by atoms with Crippen LogP contribution < -0.4 is 0 Å². The highest BCUT2D eigenvalue weighted by Crippen LogP contribution is 2.39. The smallest absolute Gasteiger partial charge is 0.308 e. The maximum absolute atomic E-state index is 6.62. The zero-order valence-corrected chi connectivity index (χ0v) is 30.2. The molecular formula is C45H44N4O. The first-order valence-electron chi connectivity index (χ1n) is 18.2. The number of imidazole rings is 1. The second-order valence-electron chi connectivity index (χ2n) is 15.4. The second-order valence-corrected chi connectivity index (χ2v) is 15.4. The lowest BCUT2D eigenvalue weighted by molar-refractivity contribution is 0.574. The summed E-state index contributed by atoms with van der Waals surface area (Å²) in [4.78, 5) is 5.06. The van der Waals surface area contributed by atoms with E-state index in [1.807, 2.05) is 0 Å². The minimum Gasteiger partial charge on any atom is -0.406 e. The van der Waals surface area contributed by atoms with Crippen molar-refractivity contribution < 1.29 is 4.42 Å². The predicted octanol–water partition coefficient (Wildman–Crippen LogP) is 12.8. The van der Waals surface area contributed by atoms with Crippen molar-refractivity contribution in [3.63, 3.8) is 0 Å². The van der Waals surface area contributed by atoms with E-state index in [1.54, 1.807) is 0 Å². The molecule has 50 heavy (non-hydrogen) atoms. The van der Waals surface area contributed by atoms with Gasteiger partial charge in [0.2, 0.25) is 5.88 Å². The molecule has 0 bridgehead atoms. The maximum atomic E-state index is 6.62. The fraction of sp³-hybridized carbons (Fsp3) is 0.267. The molecule has 5 aromatic carbocycles. The summed E-state index contributed by atoms with van der Waals surface area (Å²) in [6.45, 7) is 18.1. The van der Waals surface area contributed by atoms with E-state index in [1.165, 1.54) is 54.8 Å². The zero-order chi connectivity index (χ0) is 34.6. The highest BCUT2D eigenvalue weighted by atomic mass is 16.4. The Labute approximate surface area is 292 Å². The van der Waals surface area contributed by atoms with E-state index in [9.17, 15) is 0 Å². The molecule has 0 amide bonds. The van der Waals surface area contributed by atoms with Crippen molar-refractivity contribution in [1.82, 2.24) is 18.5 Å². The summed E-state index contributed by atoms with van der Waals surface area (Å²) in [6.07, 6.45) is 2.09. The molecular weight excluding hydrogens is 613 g/mol. The molecule has 9 rings (SSSR count). The number of oxazole rings is 1. The van der Waals surface area contributed by atoms with Crippen molar-refractivity contribution in [2.24, 2.45) is 0 Å². The van der Waals surface area contributed by atoms with Gasteiger partial charge in [0.25, 0.3) is 0 Å². The molecule has 4 heterocycles. The Hall–Kier alpha value is -5.29. The zero-order valence-electron chi connectivity index (χ0n) is 30.2. The molecule has 250 valence electrons. The molecule has 0 unspecified atom stereocenters. The van der Waals surface area contributed by atoms with Crippen LogP contribution in [0.5, 0.6) is 0 Å². The first-order chi connectivity index (χ1) is 24.1. The van der Waals surface area contributed by atoms with Gasteiger partial charge in [-0.2, -0.15) is 4.98 Å². The Bertz CT molecular complexity index is 2510. The maximum Gasteiger partial charge on any atom is 0.308 e. The molecule has 5 nitrogen and oxygen atoms in total. The van der Waals surface area contributed by atoms with Crippen LogP contribution in [0.25, 0.3) is 72.1 Å². The fourth-order valence-corrected chi connectivity index (χ4v) is 7.80. The molecule has 0 saturated heterocycles. The molecule has 5 heteroatoms. The van der Waals surface area contributed by atoms with Gasteiger partial charge in [-0.05, 0) is 113 Å². The fourth-order valence-electron chi connectivity index (χ4n) is 7.80. The number of nitrogens with zero attached hydrogens (tertiary/aromatic N) is 4. The number of fused-ring (bicyclic) bond motifs is 9. The molecule has 0 radical (unpaired) electrons. The number of aromatic nitrogens is 4. The highest BCUT2D eigenvalue weighted by molar-refractivity contribution is 6.11. The van der Waals surface area contributed by atoms with E-state index in [4.69, 9.17) is 9.40 Å². The van der Waals surface area contributed by atoms with Crippen molar-refractivity contribution in [3.8, 4) is 11.6 Å². The Balaban J connectivity index is 1.21. The molecule has 9 aromatic rings. The monoisotopic (exact) mass is 656 g/mol. The summed E-state index contributed by atoms with van der Waals surface area (Å²) < 4.78 is 13.4. The quantitative estimate of drug-likeness (QED) is 0.179. The van der Waals surface area contributed by atoms with E-state index < -0.39 is 0 Å². The van der Waals surface area contributed by atoms with Gasteiger partial charge in [-0.3, -0.25) is 8.97 Å². The largest absolute Gasteiger partial charge is 0.406 e. The Kier molecular flexibility index (Phi) is 6.83. The Morgan fingerprint density at radius 2 is 0.860 bits per heavy atom. The topological polar surface area (TPSA) is 40.3 Å². The van der Waals surface area contributed by atoms with Crippen LogP contribution in [0.4, 0.5) is 0 Å². The number of hydrogen-bond donors (Lipinski definition) is 0. The van der Waals surface area contributed by atoms with Crippen LogP contribution in [0.1, 0.15) is 101 Å². The first-order valence-corrected chi connectivity index (χ1v) is 18.2. The van der Waals surface area contributed by atoms with E-state index in [2.05, 4.69) is 166 Å². The molecule has 0 aliphatic heterocycles. The number of hydrogen-bond acceptors (Lipinski definition) is 2. The molecule has 0 spiro atoms. The minimum absolute atomic E-state index is 0.451. The average molecular weight is 657 g/mol. The van der Waals surface area contributed by atoms with Gasteiger partial charge in [0, 0.05) is 27.2 Å². The second kappa shape index (κ2) is 11.1. The third kappa shape index (κ3) is 4.56. The number of benzene rings is 5. The van der Waals surface area contributed by atoms with E-state index >= 15 is 0 Å². The van der Waals surface area contributed by atoms with E-state index in [0.29, 0.717) is 29.5 Å². The normalized spacial score (nSPS) is 12.7. The molecule has 0 aliphatic rings. The van der Waals surface area contributed by atoms with Crippen LogP contribution in [0.2, 0.25) is 0 Å². The summed E-state index contributed by atoms with van der Waals surface area (Å²) in [5, 5.41) is 5.10. The van der Waals surface area contributed by atoms with Gasteiger partial charge in [0.1, 0.15) is 0 Å². The van der Waals surface area contributed by atoms with Crippen molar-refractivity contribution in [2.75, 3.05) is 0 Å². The molecule has 0 aliphatic carbocycles. The lowest BCUT2D eigenvalue weighted by Gasteiger charge is -2.10. The van der Waals surface area contributed by atoms with Gasteiger partial charge in [0.15, 0.2) is 0 Å². The van der Waals surface area contributed by atoms with Gasteiger partial charge < -0.3 is 8.98 Å². The van der Waals surface area contributed by atoms with Crippen LogP contribution in [-0.2, 0) is 0 Å². The molecule has 0 N–H and O–H groups in total. The van der Waals surface area contributed by atoms with Crippen molar-refractivity contribution >= 4 is 60.5 Å². The third-order valence-electron chi connectivity index (χ3n) is 10.8. The van der Waals surface area contributed by atoms with Gasteiger partial charge in [0.05, 0.1) is 39.3 Å². The van der Waals surface area contributed by atoms with Gasteiger partial charge in [-0.25, -0.2) is 0 Å². The van der Waals surface area contributed by atoms with Crippen LogP contribution in [-0.4, -0.2) is 18.5 Å². The van der Waals surface area contributed by atoms with Crippen LogP contribution >= 0.6 is 0 Å². The van der Waals surface area contributed by atoms with Gasteiger partial charge in [-0.1, -0.05) is 79.7 Å². The van der Waals surface area contributed by atoms with E-state index in [-0.39, 0.29) is 0 Å². The molecule has 0 atom stereocenters. The van der Waals surface area contributed by atoms with Crippen molar-refractivity contribution in [2.45, 2.75) is 79.1 Å². The molecule has 4 aromatic heterocycles. The Morgan fingerprint density at radius 3 is 1.28 bits per heavy atom. The minimum atomic E-state index is 0.451. The predicted molar refractivity (Wildman–Crippen MR) is 210 cm³/mol. The number of rotatable bonds is 6. The van der Waals surface area contributed by atoms with Crippen molar-refractivity contribution in [3.05, 3.63) is 119 Å². The lowest BCUT2D eigenvalue weighted by Crippen LogP contribution is -1.95. The lowest BCUT2D eigenvalue weighted by atomic mass is 9.98. The summed E-state index contributed by atoms with van der Waals surface area (Å²) in [5.41, 5.74) is 13.1. The summed E-state index contributed by atoms with van der Waals surface area (Å²) in [5.74, 6) is 3.18. The standard InChI is InChI=1S/C45H44N4O/c1-25(2)29-9-14-39-34(19-29)35-20-30(26(3)4)10-15-40(35)48(39)33-13-18-43-38(23-33)46-45-47(43)24-44(50-45)49-41-16-11-31(27(5)6)21-36(41)37-22-32(28(7)8)12-17-42(37)49/h9-28H,1-8H3. The van der Waals surface area contributed by atoms with E-state index in [0.717, 1.165) is 33.6 Å². The SMILES string of the molecule is CC(C)c1ccc2c(c1)c1cc(C(C)C)ccc1n2-c1ccc2c(c1)nc1oc(-n3c4ccc(C(C)C)cc4c4cc(C(C)C)ccc43)cn12. The Morgan fingerprint density at radius 1 is 0.460 bits per heavy atom. The molecule has 0 fully saturated rings. The van der Waals surface area contributed by atoms with Crippen LogP contribution in [0.15, 0.2) is 102 Å². The summed E-state index contributed by atoms with van der Waals surface area (Å²) in [6, 6.07) is 34.2. The highest BCUT2D eigenvalue weighted by Gasteiger charge is 2.21. The van der Waals surface area contributed by atoms with Gasteiger partial charge in [-0.15, -0.1) is 0 Å². The van der Waals surface area contributed by atoms with Crippen molar-refractivity contribution in [1.29, 1.82) is 0 Å². The van der Waals surface area contributed by atoms with Crippen LogP contribution in [0, 0.1) is 0 Å². The summed E-state index contributed by atoms with van der Waals surface area (Å²) in [7, 11) is 0. The third-order valence-corrected chi connectivity index (χ3v) is 10.8.